The Morgan fingerprint density at radius 2 is 1.36 bits per heavy atom. The number of nitrogens with zero attached hydrogens (tertiary/aromatic N) is 1. The second-order valence-electron chi connectivity index (χ2n) is 7.05. The lowest BCUT2D eigenvalue weighted by molar-refractivity contribution is -0.689. The molecule has 28 heavy (non-hydrogen) atoms. The van der Waals surface area contributed by atoms with Gasteiger partial charge in [-0.3, -0.25) is 0 Å². The summed E-state index contributed by atoms with van der Waals surface area (Å²) < 4.78 is 19.0. The Balaban J connectivity index is 0.00000192. The van der Waals surface area contributed by atoms with Crippen LogP contribution in [0.2, 0.25) is 0 Å². The van der Waals surface area contributed by atoms with Crippen LogP contribution >= 0.6 is 0 Å². The Hall–Kier alpha value is -2.53. The van der Waals surface area contributed by atoms with Crippen molar-refractivity contribution in [2.24, 2.45) is 0 Å². The Kier molecular flexibility index (Phi) is 4.79. The molecule has 0 aliphatic carbocycles. The van der Waals surface area contributed by atoms with E-state index in [1.165, 1.54) is 39.0 Å². The number of fused-ring (bicyclic) bond motifs is 7. The van der Waals surface area contributed by atoms with Crippen LogP contribution in [0.15, 0.2) is 42.6 Å². The Morgan fingerprint density at radius 3 is 2.04 bits per heavy atom. The number of hydrogen-bond acceptors (Lipinski definition) is 3. The molecule has 5 heteroatoms. The smallest absolute Gasteiger partial charge is 0.182 e. The molecule has 0 radical (unpaired) electrons. The monoisotopic (exact) mass is 439 g/mol. The van der Waals surface area contributed by atoms with E-state index >= 15 is 0 Å². The molecule has 1 aliphatic rings. The maximum Gasteiger partial charge on any atom is 0.182 e. The molecule has 5 rings (SSSR count). The summed E-state index contributed by atoms with van der Waals surface area (Å²) in [5.74, 6) is 2.34. The summed E-state index contributed by atoms with van der Waals surface area (Å²) in [6.45, 7) is 1.08. The van der Waals surface area contributed by atoms with E-state index in [0.29, 0.717) is 0 Å². The largest absolute Gasteiger partial charge is 1.00 e. The fraction of sp³-hybridized carbons (Fsp3) is 0.261. The van der Waals surface area contributed by atoms with Crippen molar-refractivity contribution in [3.8, 4) is 17.2 Å². The predicted molar refractivity (Wildman–Crippen MR) is 107 cm³/mol. The first-order valence-corrected chi connectivity index (χ1v) is 9.25. The van der Waals surface area contributed by atoms with Crippen molar-refractivity contribution in [2.45, 2.75) is 19.4 Å². The second kappa shape index (κ2) is 7.13. The third kappa shape index (κ3) is 2.68. The molecule has 0 bridgehead atoms. The van der Waals surface area contributed by atoms with Crippen LogP contribution in [0.4, 0.5) is 0 Å². The van der Waals surface area contributed by atoms with Crippen LogP contribution in [-0.2, 0) is 13.0 Å². The zero-order chi connectivity index (χ0) is 18.5. The first-order chi connectivity index (χ1) is 13.2. The molecule has 0 saturated heterocycles. The lowest BCUT2D eigenvalue weighted by Crippen LogP contribution is -3.00. The van der Waals surface area contributed by atoms with Crippen molar-refractivity contribution in [1.29, 1.82) is 0 Å². The van der Waals surface area contributed by atoms with Gasteiger partial charge in [-0.05, 0) is 40.4 Å². The lowest BCUT2D eigenvalue weighted by atomic mass is 9.94. The van der Waals surface area contributed by atoms with Crippen molar-refractivity contribution in [3.63, 3.8) is 0 Å². The van der Waals surface area contributed by atoms with Crippen LogP contribution < -0.4 is 35.8 Å². The van der Waals surface area contributed by atoms with Crippen LogP contribution in [0.25, 0.3) is 32.3 Å². The molecule has 2 heterocycles. The number of pyridine rings is 1. The molecule has 0 amide bonds. The second-order valence-corrected chi connectivity index (χ2v) is 7.05. The van der Waals surface area contributed by atoms with Gasteiger partial charge < -0.3 is 31.2 Å². The fourth-order valence-electron chi connectivity index (χ4n) is 4.36. The van der Waals surface area contributed by atoms with E-state index < -0.39 is 0 Å². The predicted octanol–water partition coefficient (Wildman–Crippen LogP) is 1.41. The Morgan fingerprint density at radius 1 is 0.714 bits per heavy atom. The van der Waals surface area contributed by atoms with Crippen LogP contribution in [0, 0.1) is 0 Å². The van der Waals surface area contributed by atoms with E-state index in [4.69, 9.17) is 14.2 Å². The van der Waals surface area contributed by atoms with Crippen LogP contribution in [0.1, 0.15) is 12.1 Å². The summed E-state index contributed by atoms with van der Waals surface area (Å²) in [5.41, 5.74) is 1.40. The van der Waals surface area contributed by atoms with Gasteiger partial charge in [0.25, 0.3) is 0 Å². The first kappa shape index (κ1) is 18.8. The highest BCUT2D eigenvalue weighted by molar-refractivity contribution is 6.25. The number of aromatic nitrogens is 1. The molecule has 4 aromatic rings. The number of ether oxygens (including phenoxy) is 3. The third-order valence-corrected chi connectivity index (χ3v) is 5.71. The number of benzene rings is 3. The lowest BCUT2D eigenvalue weighted by Gasteiger charge is -2.14. The van der Waals surface area contributed by atoms with Gasteiger partial charge >= 0.3 is 0 Å². The summed E-state index contributed by atoms with van der Waals surface area (Å²) >= 11 is 0. The van der Waals surface area contributed by atoms with Crippen LogP contribution in [0.3, 0.4) is 0 Å². The maximum absolute atomic E-state index is 5.59. The van der Waals surface area contributed by atoms with Crippen molar-refractivity contribution < 1.29 is 35.8 Å². The maximum atomic E-state index is 5.59. The van der Waals surface area contributed by atoms with Crippen molar-refractivity contribution in [2.75, 3.05) is 21.3 Å². The summed E-state index contributed by atoms with van der Waals surface area (Å²) in [6.07, 6.45) is 4.64. The van der Waals surface area contributed by atoms with Gasteiger partial charge in [0.15, 0.2) is 23.4 Å². The Labute approximate surface area is 174 Å². The fourth-order valence-corrected chi connectivity index (χ4v) is 4.36. The zero-order valence-corrected chi connectivity index (χ0v) is 17.8. The van der Waals surface area contributed by atoms with Gasteiger partial charge in [0, 0.05) is 29.7 Å². The van der Waals surface area contributed by atoms with Gasteiger partial charge in [-0.25, -0.2) is 4.57 Å². The zero-order valence-electron chi connectivity index (χ0n) is 16.2. The average molecular weight is 440 g/mol. The molecule has 4 nitrogen and oxygen atoms in total. The number of rotatable bonds is 3. The quantitative estimate of drug-likeness (QED) is 0.357. The molecule has 1 aromatic heterocycles. The minimum absolute atomic E-state index is 0. The highest BCUT2D eigenvalue weighted by atomic mass is 79.9. The molecular formula is C23H22BrNO3. The molecule has 3 aromatic carbocycles. The number of halogens is 1. The molecule has 0 atom stereocenters. The minimum atomic E-state index is 0. The summed E-state index contributed by atoms with van der Waals surface area (Å²) in [7, 11) is 5.07. The topological polar surface area (TPSA) is 31.6 Å². The van der Waals surface area contributed by atoms with Gasteiger partial charge in [0.05, 0.1) is 26.7 Å². The van der Waals surface area contributed by atoms with E-state index in [2.05, 4.69) is 41.1 Å². The van der Waals surface area contributed by atoms with E-state index in [1.807, 2.05) is 6.07 Å². The van der Waals surface area contributed by atoms with E-state index in [9.17, 15) is 0 Å². The van der Waals surface area contributed by atoms with Gasteiger partial charge in [-0.15, -0.1) is 0 Å². The van der Waals surface area contributed by atoms with Gasteiger partial charge in [-0.1, -0.05) is 6.07 Å². The molecule has 0 N–H and O–H groups in total. The van der Waals surface area contributed by atoms with Crippen LogP contribution in [0.5, 0.6) is 17.2 Å². The standard InChI is InChI=1S/C23H22NO3.BrH/c1-25-15-6-7-16-17-9-14-5-4-8-24(14)13-21(17)20-12-23(27-3)22(26-2)11-19(20)18(16)10-15;/h6-7,9-13H,4-5,8H2,1-3H3;1H/q+1;/p-1. The molecule has 144 valence electrons. The average Bonchev–Trinajstić information content (AvgIpc) is 3.18. The van der Waals surface area contributed by atoms with Gasteiger partial charge in [0.1, 0.15) is 12.3 Å². The molecule has 0 spiro atoms. The normalized spacial score (nSPS) is 12.8. The van der Waals surface area contributed by atoms with Gasteiger partial charge in [-0.2, -0.15) is 0 Å². The molecule has 0 unspecified atom stereocenters. The third-order valence-electron chi connectivity index (χ3n) is 5.71. The number of hydrogen-bond donors (Lipinski definition) is 0. The van der Waals surface area contributed by atoms with Crippen LogP contribution in [-0.4, -0.2) is 21.3 Å². The van der Waals surface area contributed by atoms with E-state index in [1.54, 1.807) is 21.3 Å². The van der Waals surface area contributed by atoms with Crippen molar-refractivity contribution >= 4 is 32.3 Å². The molecule has 0 saturated carbocycles. The summed E-state index contributed by atoms with van der Waals surface area (Å²) in [5, 5.41) is 7.24. The van der Waals surface area contributed by atoms with Crippen molar-refractivity contribution in [3.05, 3.63) is 48.3 Å². The number of methoxy groups -OCH3 is 3. The van der Waals surface area contributed by atoms with Crippen molar-refractivity contribution in [1.82, 2.24) is 0 Å². The summed E-state index contributed by atoms with van der Waals surface area (Å²) in [6, 6.07) is 12.8. The highest BCUT2D eigenvalue weighted by Crippen LogP contribution is 2.41. The van der Waals surface area contributed by atoms with E-state index in [-0.39, 0.29) is 17.0 Å². The van der Waals surface area contributed by atoms with Gasteiger partial charge in [0.2, 0.25) is 0 Å². The summed E-state index contributed by atoms with van der Waals surface area (Å²) in [4.78, 5) is 0. The molecule has 0 fully saturated rings. The highest BCUT2D eigenvalue weighted by Gasteiger charge is 2.22. The minimum Gasteiger partial charge on any atom is -1.00 e. The molecule has 1 aliphatic heterocycles. The number of aryl methyl sites for hydroxylation is 2. The Bertz CT molecular complexity index is 1220. The first-order valence-electron chi connectivity index (χ1n) is 9.25. The molecular weight excluding hydrogens is 418 g/mol. The SMILES string of the molecule is COc1ccc2c(c1)c1cc(OC)c(OC)cc1c1c[n+]3c(cc21)CCC3.[Br-]. The van der Waals surface area contributed by atoms with E-state index in [0.717, 1.165) is 35.6 Å².